The first-order valence-electron chi connectivity index (χ1n) is 9.63. The molecule has 0 unspecified atom stereocenters. The van der Waals surface area contributed by atoms with Crippen molar-refractivity contribution in [2.24, 2.45) is 5.14 Å². The van der Waals surface area contributed by atoms with E-state index in [1.54, 1.807) is 0 Å². The fourth-order valence-electron chi connectivity index (χ4n) is 4.28. The van der Waals surface area contributed by atoms with Gasteiger partial charge >= 0.3 is 0 Å². The molecule has 2 aromatic heterocycles. The zero-order chi connectivity index (χ0) is 19.3. The smallest absolute Gasteiger partial charge is 0.206 e. The van der Waals surface area contributed by atoms with E-state index in [1.165, 1.54) is 12.1 Å². The van der Waals surface area contributed by atoms with Crippen LogP contribution < -0.4 is 14.8 Å². The summed E-state index contributed by atoms with van der Waals surface area (Å²) in [6, 6.07) is 4.15. The van der Waals surface area contributed by atoms with E-state index in [2.05, 4.69) is 31.1 Å². The predicted octanol–water partition coefficient (Wildman–Crippen LogP) is 2.73. The molecule has 0 radical (unpaired) electrons. The number of imidazole rings is 1. The number of aryl methyl sites for hydroxylation is 2. The Labute approximate surface area is 167 Å². The SMILES string of the molecule is Cc1noc(C)c1-c1ccc2nc(N3CCCN(SN)CC3)n3c2c1OCC3. The Morgan fingerprint density at radius 3 is 2.79 bits per heavy atom. The highest BCUT2D eigenvalue weighted by Crippen LogP contribution is 2.42. The van der Waals surface area contributed by atoms with E-state index in [4.69, 9.17) is 19.4 Å². The second-order valence-corrected chi connectivity index (χ2v) is 8.02. The summed E-state index contributed by atoms with van der Waals surface area (Å²) < 4.78 is 16.1. The van der Waals surface area contributed by atoms with Gasteiger partial charge in [0.2, 0.25) is 5.95 Å². The first-order valence-corrected chi connectivity index (χ1v) is 10.5. The molecule has 0 saturated carbocycles. The second-order valence-electron chi connectivity index (χ2n) is 7.30. The fraction of sp³-hybridized carbons (Fsp3) is 0.474. The Kier molecular flexibility index (Phi) is 4.45. The number of anilines is 1. The van der Waals surface area contributed by atoms with Crippen LogP contribution in [0.3, 0.4) is 0 Å². The lowest BCUT2D eigenvalue weighted by molar-refractivity contribution is 0.288. The molecule has 0 aliphatic carbocycles. The second kappa shape index (κ2) is 6.98. The van der Waals surface area contributed by atoms with Crippen molar-refractivity contribution < 1.29 is 9.26 Å². The summed E-state index contributed by atoms with van der Waals surface area (Å²) in [7, 11) is 0. The molecule has 0 bridgehead atoms. The highest BCUT2D eigenvalue weighted by molar-refractivity contribution is 7.94. The van der Waals surface area contributed by atoms with Crippen molar-refractivity contribution in [3.8, 4) is 16.9 Å². The van der Waals surface area contributed by atoms with Crippen LogP contribution in [0.5, 0.6) is 5.75 Å². The Balaban J connectivity index is 1.62. The molecule has 2 aliphatic rings. The molecule has 8 nitrogen and oxygen atoms in total. The number of aromatic nitrogens is 3. The number of benzene rings is 1. The van der Waals surface area contributed by atoms with Gasteiger partial charge in [-0.2, -0.15) is 0 Å². The maximum atomic E-state index is 6.14. The van der Waals surface area contributed by atoms with Gasteiger partial charge in [-0.1, -0.05) is 5.16 Å². The predicted molar refractivity (Wildman–Crippen MR) is 110 cm³/mol. The third kappa shape index (κ3) is 2.76. The summed E-state index contributed by atoms with van der Waals surface area (Å²) in [6.07, 6.45) is 1.07. The molecule has 1 saturated heterocycles. The Bertz CT molecular complexity index is 1010. The van der Waals surface area contributed by atoms with E-state index in [-0.39, 0.29) is 0 Å². The van der Waals surface area contributed by atoms with Crippen LogP contribution >= 0.6 is 12.1 Å². The summed E-state index contributed by atoms with van der Waals surface area (Å²) >= 11 is 1.33. The van der Waals surface area contributed by atoms with Gasteiger partial charge < -0.3 is 18.7 Å². The van der Waals surface area contributed by atoms with Crippen LogP contribution in [-0.2, 0) is 6.54 Å². The van der Waals surface area contributed by atoms with E-state index in [0.29, 0.717) is 6.61 Å². The van der Waals surface area contributed by atoms with Crippen molar-refractivity contribution in [1.29, 1.82) is 0 Å². The van der Waals surface area contributed by atoms with Crippen LogP contribution in [0, 0.1) is 13.8 Å². The monoisotopic (exact) mass is 400 g/mol. The first kappa shape index (κ1) is 17.8. The highest BCUT2D eigenvalue weighted by atomic mass is 32.2. The van der Waals surface area contributed by atoms with Gasteiger partial charge in [0, 0.05) is 43.9 Å². The Morgan fingerprint density at radius 2 is 2.00 bits per heavy atom. The van der Waals surface area contributed by atoms with Crippen molar-refractivity contribution in [3.05, 3.63) is 23.6 Å². The van der Waals surface area contributed by atoms with Crippen LogP contribution in [-0.4, -0.2) is 51.8 Å². The molecule has 1 aromatic carbocycles. The average molecular weight is 401 g/mol. The van der Waals surface area contributed by atoms with E-state index in [0.717, 1.165) is 84.5 Å². The zero-order valence-corrected chi connectivity index (χ0v) is 17.0. The fourth-order valence-corrected chi connectivity index (χ4v) is 4.70. The third-order valence-corrected chi connectivity index (χ3v) is 6.26. The molecule has 2 aliphatic heterocycles. The van der Waals surface area contributed by atoms with E-state index >= 15 is 0 Å². The number of hydrogen-bond acceptors (Lipinski definition) is 8. The van der Waals surface area contributed by atoms with Crippen molar-refractivity contribution in [2.75, 3.05) is 37.7 Å². The quantitative estimate of drug-likeness (QED) is 0.672. The van der Waals surface area contributed by atoms with Crippen LogP contribution in [0.1, 0.15) is 17.9 Å². The Hall–Kier alpha value is -2.23. The third-order valence-electron chi connectivity index (χ3n) is 5.59. The number of nitrogens with zero attached hydrogens (tertiary/aromatic N) is 5. The lowest BCUT2D eigenvalue weighted by Crippen LogP contribution is -2.31. The van der Waals surface area contributed by atoms with Gasteiger partial charge in [-0.3, -0.25) is 5.14 Å². The highest BCUT2D eigenvalue weighted by Gasteiger charge is 2.28. The summed E-state index contributed by atoms with van der Waals surface area (Å²) in [5, 5.41) is 9.88. The summed E-state index contributed by atoms with van der Waals surface area (Å²) in [5.74, 6) is 2.71. The van der Waals surface area contributed by atoms with E-state index in [1.807, 2.05) is 13.8 Å². The summed E-state index contributed by atoms with van der Waals surface area (Å²) in [6.45, 7) is 9.16. The topological polar surface area (TPSA) is 85.6 Å². The molecule has 2 N–H and O–H groups in total. The van der Waals surface area contributed by atoms with Crippen LogP contribution in [0.25, 0.3) is 22.2 Å². The standard InChI is InChI=1S/C19H24N6O2S/c1-12-16(13(2)27-22-12)14-4-5-15-17-18(14)26-11-10-25(17)19(21-15)23-6-3-7-24(28-20)9-8-23/h4-5H,3,6-11,20H2,1-2H3. The normalized spacial score (nSPS) is 17.8. The van der Waals surface area contributed by atoms with E-state index < -0.39 is 0 Å². The van der Waals surface area contributed by atoms with Gasteiger partial charge in [0.25, 0.3) is 0 Å². The number of nitrogens with two attached hydrogens (primary N) is 1. The van der Waals surface area contributed by atoms with Gasteiger partial charge in [-0.15, -0.1) is 0 Å². The molecule has 4 heterocycles. The Morgan fingerprint density at radius 1 is 1.11 bits per heavy atom. The minimum atomic E-state index is 0.629. The molecule has 1 fully saturated rings. The molecule has 28 heavy (non-hydrogen) atoms. The van der Waals surface area contributed by atoms with Crippen LogP contribution in [0.4, 0.5) is 5.95 Å². The van der Waals surface area contributed by atoms with Gasteiger partial charge in [-0.05, 0) is 32.4 Å². The van der Waals surface area contributed by atoms with Gasteiger partial charge in [0.05, 0.1) is 23.3 Å². The average Bonchev–Trinajstić information content (AvgIpc) is 3.14. The van der Waals surface area contributed by atoms with Crippen molar-refractivity contribution in [1.82, 2.24) is 19.0 Å². The minimum Gasteiger partial charge on any atom is -0.489 e. The van der Waals surface area contributed by atoms with Gasteiger partial charge in [-0.25, -0.2) is 9.29 Å². The molecule has 3 aromatic rings. The molecular formula is C19H24N6O2S. The van der Waals surface area contributed by atoms with Crippen molar-refractivity contribution in [2.45, 2.75) is 26.8 Å². The molecule has 0 spiro atoms. The zero-order valence-electron chi connectivity index (χ0n) is 16.1. The molecular weight excluding hydrogens is 376 g/mol. The van der Waals surface area contributed by atoms with Crippen LogP contribution in [0.15, 0.2) is 16.7 Å². The molecule has 0 amide bonds. The van der Waals surface area contributed by atoms with Crippen molar-refractivity contribution >= 4 is 29.1 Å². The number of rotatable bonds is 3. The summed E-state index contributed by atoms with van der Waals surface area (Å²) in [4.78, 5) is 7.36. The van der Waals surface area contributed by atoms with Crippen LogP contribution in [0.2, 0.25) is 0 Å². The number of ether oxygens (including phenoxy) is 1. The first-order chi connectivity index (χ1) is 13.7. The number of hydrogen-bond donors (Lipinski definition) is 1. The molecule has 0 atom stereocenters. The van der Waals surface area contributed by atoms with Crippen molar-refractivity contribution in [3.63, 3.8) is 0 Å². The summed E-state index contributed by atoms with van der Waals surface area (Å²) in [5.41, 5.74) is 4.94. The lowest BCUT2D eigenvalue weighted by Gasteiger charge is -2.25. The molecule has 148 valence electrons. The largest absolute Gasteiger partial charge is 0.489 e. The molecule has 9 heteroatoms. The lowest BCUT2D eigenvalue weighted by atomic mass is 10.0. The van der Waals surface area contributed by atoms with Gasteiger partial charge in [0.1, 0.15) is 17.9 Å². The van der Waals surface area contributed by atoms with E-state index in [9.17, 15) is 0 Å². The minimum absolute atomic E-state index is 0.629. The van der Waals surface area contributed by atoms with Gasteiger partial charge in [0.15, 0.2) is 5.75 Å². The maximum Gasteiger partial charge on any atom is 0.206 e. The maximum absolute atomic E-state index is 6.14. The molecule has 5 rings (SSSR count).